The molecule has 0 fully saturated rings. The Morgan fingerprint density at radius 2 is 2.09 bits per heavy atom. The minimum Gasteiger partial charge on any atom is -0.502 e. The maximum atomic E-state index is 11.2. The van der Waals surface area contributed by atoms with Gasteiger partial charge in [-0.2, -0.15) is 0 Å². The SMILES string of the molecule is CCOC(=O)N[C@@H](Cc1ccc(O)c([N+](=O)[O-])c1)C(=O)O.Cl. The van der Waals surface area contributed by atoms with Crippen molar-refractivity contribution in [3.63, 3.8) is 0 Å². The monoisotopic (exact) mass is 334 g/mol. The Kier molecular flexibility index (Phi) is 7.67. The van der Waals surface area contributed by atoms with E-state index in [9.17, 15) is 24.8 Å². The van der Waals surface area contributed by atoms with Crippen LogP contribution in [0.4, 0.5) is 10.5 Å². The van der Waals surface area contributed by atoms with Gasteiger partial charge in [0.1, 0.15) is 6.04 Å². The molecular formula is C12H15ClN2O7. The number of hydrogen-bond donors (Lipinski definition) is 3. The summed E-state index contributed by atoms with van der Waals surface area (Å²) in [5.41, 5.74) is -0.253. The maximum Gasteiger partial charge on any atom is 0.407 e. The summed E-state index contributed by atoms with van der Waals surface area (Å²) in [6.45, 7) is 1.65. The van der Waals surface area contributed by atoms with Crippen molar-refractivity contribution in [1.29, 1.82) is 0 Å². The molecule has 1 aromatic carbocycles. The minimum absolute atomic E-state index is 0. The van der Waals surface area contributed by atoms with Crippen LogP contribution in [0.15, 0.2) is 18.2 Å². The number of alkyl carbamates (subject to hydrolysis) is 1. The van der Waals surface area contributed by atoms with Gasteiger partial charge in [-0.05, 0) is 18.6 Å². The van der Waals surface area contributed by atoms with E-state index in [2.05, 4.69) is 10.1 Å². The molecule has 0 radical (unpaired) electrons. The van der Waals surface area contributed by atoms with Crippen molar-refractivity contribution < 1.29 is 29.5 Å². The molecular weight excluding hydrogens is 320 g/mol. The van der Waals surface area contributed by atoms with Crippen LogP contribution in [-0.2, 0) is 16.0 Å². The average molecular weight is 335 g/mol. The third kappa shape index (κ3) is 5.44. The van der Waals surface area contributed by atoms with Crippen LogP contribution in [0.5, 0.6) is 5.75 Å². The van der Waals surface area contributed by atoms with Crippen LogP contribution >= 0.6 is 12.4 Å². The molecule has 10 heteroatoms. The van der Waals surface area contributed by atoms with Gasteiger partial charge in [-0.15, -0.1) is 12.4 Å². The zero-order chi connectivity index (χ0) is 16.0. The first kappa shape index (κ1) is 19.4. The number of carbonyl (C=O) groups excluding carboxylic acids is 1. The number of nitro benzene ring substituents is 1. The smallest absolute Gasteiger partial charge is 0.407 e. The zero-order valence-electron chi connectivity index (χ0n) is 11.5. The number of carbonyl (C=O) groups is 2. The number of aromatic hydroxyl groups is 1. The molecule has 22 heavy (non-hydrogen) atoms. The summed E-state index contributed by atoms with van der Waals surface area (Å²) in [6.07, 6.45) is -1.08. The van der Waals surface area contributed by atoms with Crippen LogP contribution in [0.2, 0.25) is 0 Å². The largest absolute Gasteiger partial charge is 0.502 e. The van der Waals surface area contributed by atoms with E-state index in [-0.39, 0.29) is 31.0 Å². The van der Waals surface area contributed by atoms with Gasteiger partial charge in [0, 0.05) is 12.5 Å². The molecule has 0 aliphatic carbocycles. The van der Waals surface area contributed by atoms with Gasteiger partial charge < -0.3 is 20.3 Å². The van der Waals surface area contributed by atoms with Gasteiger partial charge in [-0.1, -0.05) is 6.07 Å². The van der Waals surface area contributed by atoms with Crippen LogP contribution in [0.1, 0.15) is 12.5 Å². The lowest BCUT2D eigenvalue weighted by atomic mass is 10.1. The molecule has 122 valence electrons. The number of ether oxygens (including phenoxy) is 1. The van der Waals surface area contributed by atoms with Crippen LogP contribution in [0, 0.1) is 10.1 Å². The summed E-state index contributed by atoms with van der Waals surface area (Å²) >= 11 is 0. The van der Waals surface area contributed by atoms with Gasteiger partial charge >= 0.3 is 17.7 Å². The van der Waals surface area contributed by atoms with Crippen molar-refractivity contribution in [1.82, 2.24) is 5.32 Å². The predicted octanol–water partition coefficient (Wildman–Crippen LogP) is 1.46. The van der Waals surface area contributed by atoms with E-state index in [1.165, 1.54) is 6.07 Å². The number of carboxylic acids is 1. The highest BCUT2D eigenvalue weighted by Gasteiger charge is 2.23. The number of phenols is 1. The van der Waals surface area contributed by atoms with Crippen LogP contribution < -0.4 is 5.32 Å². The van der Waals surface area contributed by atoms with E-state index < -0.39 is 34.5 Å². The van der Waals surface area contributed by atoms with Crippen LogP contribution in [0.3, 0.4) is 0 Å². The van der Waals surface area contributed by atoms with E-state index in [4.69, 9.17) is 5.11 Å². The number of aliphatic carboxylic acids is 1. The van der Waals surface area contributed by atoms with Crippen molar-refractivity contribution in [3.8, 4) is 5.75 Å². The lowest BCUT2D eigenvalue weighted by molar-refractivity contribution is -0.385. The van der Waals surface area contributed by atoms with E-state index in [0.29, 0.717) is 0 Å². The molecule has 0 saturated carbocycles. The summed E-state index contributed by atoms with van der Waals surface area (Å²) in [5.74, 6) is -1.83. The molecule has 0 aliphatic rings. The van der Waals surface area contributed by atoms with Crippen molar-refractivity contribution in [2.45, 2.75) is 19.4 Å². The number of halogens is 1. The highest BCUT2D eigenvalue weighted by molar-refractivity contribution is 5.85. The fraction of sp³-hybridized carbons (Fsp3) is 0.333. The van der Waals surface area contributed by atoms with Crippen molar-refractivity contribution in [2.24, 2.45) is 0 Å². The zero-order valence-corrected chi connectivity index (χ0v) is 12.3. The van der Waals surface area contributed by atoms with Crippen LogP contribution in [0.25, 0.3) is 0 Å². The van der Waals surface area contributed by atoms with Gasteiger partial charge in [0.05, 0.1) is 11.5 Å². The lowest BCUT2D eigenvalue weighted by Gasteiger charge is -2.14. The molecule has 1 atom stereocenters. The average Bonchev–Trinajstić information content (AvgIpc) is 2.39. The number of benzene rings is 1. The molecule has 1 aromatic rings. The normalized spacial score (nSPS) is 11.0. The molecule has 1 rings (SSSR count). The van der Waals surface area contributed by atoms with E-state index >= 15 is 0 Å². The van der Waals surface area contributed by atoms with Crippen molar-refractivity contribution in [2.75, 3.05) is 6.61 Å². The first-order valence-electron chi connectivity index (χ1n) is 5.97. The summed E-state index contributed by atoms with van der Waals surface area (Å²) in [5, 5.41) is 31.2. The Balaban J connectivity index is 0.00000441. The molecule has 0 spiro atoms. The van der Waals surface area contributed by atoms with E-state index in [1.807, 2.05) is 0 Å². The van der Waals surface area contributed by atoms with Crippen LogP contribution in [-0.4, -0.2) is 39.8 Å². The summed E-state index contributed by atoms with van der Waals surface area (Å²) in [4.78, 5) is 32.2. The fourth-order valence-corrected chi connectivity index (χ4v) is 1.59. The Morgan fingerprint density at radius 3 is 2.59 bits per heavy atom. The Bertz CT molecular complexity index is 564. The van der Waals surface area contributed by atoms with Gasteiger partial charge in [0.15, 0.2) is 5.75 Å². The number of nitrogens with zero attached hydrogens (tertiary/aromatic N) is 1. The minimum atomic E-state index is -1.31. The quantitative estimate of drug-likeness (QED) is 0.528. The van der Waals surface area contributed by atoms with Gasteiger partial charge in [-0.3, -0.25) is 10.1 Å². The number of carboxylic acid groups (broad SMARTS) is 1. The number of nitro groups is 1. The molecule has 0 unspecified atom stereocenters. The Hall–Kier alpha value is -2.55. The van der Waals surface area contributed by atoms with Gasteiger partial charge in [0.25, 0.3) is 0 Å². The molecule has 3 N–H and O–H groups in total. The summed E-state index contributed by atoms with van der Waals surface area (Å²) in [7, 11) is 0. The first-order valence-corrected chi connectivity index (χ1v) is 5.97. The van der Waals surface area contributed by atoms with E-state index in [0.717, 1.165) is 12.1 Å². The third-order valence-electron chi connectivity index (χ3n) is 2.54. The van der Waals surface area contributed by atoms with Crippen molar-refractivity contribution in [3.05, 3.63) is 33.9 Å². The second-order valence-corrected chi connectivity index (χ2v) is 4.04. The predicted molar refractivity (Wildman–Crippen MR) is 77.3 cm³/mol. The number of amides is 1. The van der Waals surface area contributed by atoms with Gasteiger partial charge in [0.2, 0.25) is 0 Å². The Labute approximate surface area is 131 Å². The highest BCUT2D eigenvalue weighted by atomic mass is 35.5. The molecule has 0 heterocycles. The molecule has 0 saturated heterocycles. The number of hydrogen-bond acceptors (Lipinski definition) is 6. The van der Waals surface area contributed by atoms with Crippen molar-refractivity contribution >= 4 is 30.2 Å². The summed E-state index contributed by atoms with van der Waals surface area (Å²) in [6, 6.07) is 2.19. The van der Waals surface area contributed by atoms with E-state index in [1.54, 1.807) is 6.92 Å². The summed E-state index contributed by atoms with van der Waals surface area (Å²) < 4.78 is 4.58. The number of phenolic OH excluding ortho intramolecular Hbond substituents is 1. The van der Waals surface area contributed by atoms with Gasteiger partial charge in [-0.25, -0.2) is 9.59 Å². The number of nitrogens with one attached hydrogen (secondary N) is 1. The molecule has 0 aliphatic heterocycles. The highest BCUT2D eigenvalue weighted by Crippen LogP contribution is 2.26. The Morgan fingerprint density at radius 1 is 1.45 bits per heavy atom. The molecule has 1 amide bonds. The fourth-order valence-electron chi connectivity index (χ4n) is 1.59. The second kappa shape index (κ2) is 8.67. The topological polar surface area (TPSA) is 139 Å². The first-order chi connectivity index (χ1) is 9.85. The molecule has 9 nitrogen and oxygen atoms in total. The third-order valence-corrected chi connectivity index (χ3v) is 2.54. The molecule has 0 bridgehead atoms. The number of rotatable bonds is 6. The standard InChI is InChI=1S/C12H14N2O7.ClH/c1-2-21-12(18)13-8(11(16)17)5-7-3-4-10(15)9(6-7)14(19)20;/h3-4,6,8,15H,2,5H2,1H3,(H,13,18)(H,16,17);1H/t8-;/m0./s1. The lowest BCUT2D eigenvalue weighted by Crippen LogP contribution is -2.42. The molecule has 0 aromatic heterocycles. The maximum absolute atomic E-state index is 11.2. The second-order valence-electron chi connectivity index (χ2n) is 4.04.